The van der Waals surface area contributed by atoms with Gasteiger partial charge in [0.25, 0.3) is 0 Å². The second-order valence-electron chi connectivity index (χ2n) is 9.19. The quantitative estimate of drug-likeness (QED) is 0.714. The van der Waals surface area contributed by atoms with E-state index in [-0.39, 0.29) is 17.6 Å². The zero-order valence-electron chi connectivity index (χ0n) is 13.7. The van der Waals surface area contributed by atoms with E-state index in [1.54, 1.807) is 0 Å². The summed E-state index contributed by atoms with van der Waals surface area (Å²) in [4.78, 5) is 0. The molecular formula is C19H32O2. The fraction of sp³-hybridized carbons (Fsp3) is 1.00. The maximum absolute atomic E-state index is 10.9. The molecule has 2 nitrogen and oxygen atoms in total. The van der Waals surface area contributed by atoms with Crippen LogP contribution < -0.4 is 0 Å². The molecule has 0 heterocycles. The highest BCUT2D eigenvalue weighted by Crippen LogP contribution is 2.66. The van der Waals surface area contributed by atoms with Gasteiger partial charge in [-0.05, 0) is 73.0 Å². The van der Waals surface area contributed by atoms with Crippen LogP contribution >= 0.6 is 0 Å². The van der Waals surface area contributed by atoms with Gasteiger partial charge in [0, 0.05) is 0 Å². The Morgan fingerprint density at radius 3 is 2.38 bits per heavy atom. The molecule has 0 aromatic rings. The van der Waals surface area contributed by atoms with Crippen LogP contribution in [0, 0.1) is 34.5 Å². The van der Waals surface area contributed by atoms with Crippen molar-refractivity contribution in [3.05, 3.63) is 0 Å². The molecule has 4 aliphatic rings. The molecule has 0 bridgehead atoms. The van der Waals surface area contributed by atoms with E-state index in [1.165, 1.54) is 38.5 Å². The van der Waals surface area contributed by atoms with Crippen molar-refractivity contribution in [3.63, 3.8) is 0 Å². The van der Waals surface area contributed by atoms with Crippen LogP contribution in [0.3, 0.4) is 0 Å². The van der Waals surface area contributed by atoms with Crippen LogP contribution in [-0.4, -0.2) is 22.4 Å². The molecule has 21 heavy (non-hydrogen) atoms. The van der Waals surface area contributed by atoms with E-state index in [4.69, 9.17) is 0 Å². The van der Waals surface area contributed by atoms with Gasteiger partial charge in [0.2, 0.25) is 0 Å². The van der Waals surface area contributed by atoms with Crippen LogP contribution in [0.2, 0.25) is 0 Å². The number of aliphatic hydroxyl groups excluding tert-OH is 2. The summed E-state index contributed by atoms with van der Waals surface area (Å²) in [6.07, 6.45) is 10.7. The van der Waals surface area contributed by atoms with E-state index >= 15 is 0 Å². The van der Waals surface area contributed by atoms with Crippen LogP contribution in [0.4, 0.5) is 0 Å². The first-order valence-electron chi connectivity index (χ1n) is 9.33. The maximum Gasteiger partial charge on any atom is 0.0599 e. The molecule has 8 atom stereocenters. The molecule has 0 radical (unpaired) electrons. The lowest BCUT2D eigenvalue weighted by atomic mass is 9.44. The van der Waals surface area contributed by atoms with E-state index in [0.717, 1.165) is 19.3 Å². The van der Waals surface area contributed by atoms with Crippen molar-refractivity contribution in [2.24, 2.45) is 34.5 Å². The SMILES string of the molecule is C[C@]12CCCC[C@@H]1C[C@@H](O)[C@@H]1[C@H]2C[C@H](O)[C@@]2(C)CCC[C@H]12. The summed E-state index contributed by atoms with van der Waals surface area (Å²) in [5.41, 5.74) is 0.465. The molecule has 0 spiro atoms. The van der Waals surface area contributed by atoms with Crippen LogP contribution in [0.5, 0.6) is 0 Å². The van der Waals surface area contributed by atoms with Crippen LogP contribution in [-0.2, 0) is 0 Å². The number of hydrogen-bond donors (Lipinski definition) is 2. The Labute approximate surface area is 129 Å². The average Bonchev–Trinajstić information content (AvgIpc) is 2.84. The number of fused-ring (bicyclic) bond motifs is 5. The van der Waals surface area contributed by atoms with Gasteiger partial charge in [-0.25, -0.2) is 0 Å². The molecule has 0 amide bonds. The van der Waals surface area contributed by atoms with Gasteiger partial charge in [0.05, 0.1) is 12.2 Å². The monoisotopic (exact) mass is 292 g/mol. The lowest BCUT2D eigenvalue weighted by Gasteiger charge is -2.62. The third kappa shape index (κ3) is 1.84. The average molecular weight is 292 g/mol. The van der Waals surface area contributed by atoms with Gasteiger partial charge in [-0.3, -0.25) is 0 Å². The topological polar surface area (TPSA) is 40.5 Å². The van der Waals surface area contributed by atoms with Crippen molar-refractivity contribution in [1.82, 2.24) is 0 Å². The van der Waals surface area contributed by atoms with Crippen molar-refractivity contribution in [1.29, 1.82) is 0 Å². The Hall–Kier alpha value is -0.0800. The molecule has 0 aliphatic heterocycles. The lowest BCUT2D eigenvalue weighted by Crippen LogP contribution is -2.60. The zero-order chi connectivity index (χ0) is 14.8. The van der Waals surface area contributed by atoms with Gasteiger partial charge in [-0.15, -0.1) is 0 Å². The van der Waals surface area contributed by atoms with Gasteiger partial charge in [-0.2, -0.15) is 0 Å². The summed E-state index contributed by atoms with van der Waals surface area (Å²) in [5.74, 6) is 2.26. The Morgan fingerprint density at radius 1 is 0.810 bits per heavy atom. The zero-order valence-corrected chi connectivity index (χ0v) is 13.7. The van der Waals surface area contributed by atoms with Crippen molar-refractivity contribution in [2.45, 2.75) is 83.8 Å². The van der Waals surface area contributed by atoms with Gasteiger partial charge in [-0.1, -0.05) is 33.1 Å². The summed E-state index contributed by atoms with van der Waals surface area (Å²) in [5, 5.41) is 21.8. The van der Waals surface area contributed by atoms with E-state index in [1.807, 2.05) is 0 Å². The molecule has 0 unspecified atom stereocenters. The van der Waals surface area contributed by atoms with Crippen molar-refractivity contribution in [3.8, 4) is 0 Å². The highest BCUT2D eigenvalue weighted by Gasteiger charge is 2.62. The summed E-state index contributed by atoms with van der Waals surface area (Å²) in [6, 6.07) is 0. The van der Waals surface area contributed by atoms with Gasteiger partial charge in [0.1, 0.15) is 0 Å². The van der Waals surface area contributed by atoms with E-state index in [0.29, 0.717) is 29.1 Å². The minimum atomic E-state index is -0.143. The fourth-order valence-corrected chi connectivity index (χ4v) is 7.21. The maximum atomic E-state index is 10.9. The number of rotatable bonds is 0. The van der Waals surface area contributed by atoms with E-state index in [2.05, 4.69) is 13.8 Å². The second kappa shape index (κ2) is 4.71. The van der Waals surface area contributed by atoms with Gasteiger partial charge in [0.15, 0.2) is 0 Å². The molecule has 4 rings (SSSR count). The standard InChI is InChI=1S/C19H32O2/c1-18-8-4-3-6-12(18)10-15(20)17-13-7-5-9-19(13,2)16(21)11-14(17)18/h12-17,20-21H,3-11H2,1-2H3/t12-,13-,14-,15-,16+,17+,18+,19+/m1/s1. The van der Waals surface area contributed by atoms with E-state index in [9.17, 15) is 10.2 Å². The van der Waals surface area contributed by atoms with Gasteiger partial charge < -0.3 is 10.2 Å². The molecule has 0 saturated heterocycles. The molecule has 4 aliphatic carbocycles. The summed E-state index contributed by atoms with van der Waals surface area (Å²) >= 11 is 0. The van der Waals surface area contributed by atoms with Gasteiger partial charge >= 0.3 is 0 Å². The molecule has 0 aromatic heterocycles. The Bertz CT molecular complexity index is 422. The number of aliphatic hydroxyl groups is 2. The first kappa shape index (κ1) is 14.5. The largest absolute Gasteiger partial charge is 0.393 e. The first-order chi connectivity index (χ1) is 9.97. The predicted molar refractivity (Wildman–Crippen MR) is 83.7 cm³/mol. The minimum Gasteiger partial charge on any atom is -0.393 e. The third-order valence-corrected chi connectivity index (χ3v) is 8.51. The molecular weight excluding hydrogens is 260 g/mol. The molecule has 120 valence electrons. The van der Waals surface area contributed by atoms with Crippen molar-refractivity contribution in [2.75, 3.05) is 0 Å². The van der Waals surface area contributed by atoms with Crippen molar-refractivity contribution < 1.29 is 10.2 Å². The van der Waals surface area contributed by atoms with Crippen molar-refractivity contribution >= 4 is 0 Å². The minimum absolute atomic E-state index is 0.0833. The Kier molecular flexibility index (Phi) is 3.25. The van der Waals surface area contributed by atoms with E-state index < -0.39 is 0 Å². The number of hydrogen-bond acceptors (Lipinski definition) is 2. The smallest absolute Gasteiger partial charge is 0.0599 e. The fourth-order valence-electron chi connectivity index (χ4n) is 7.21. The third-order valence-electron chi connectivity index (χ3n) is 8.51. The normalized spacial score (nSPS) is 60.0. The molecule has 0 aromatic carbocycles. The molecule has 4 saturated carbocycles. The summed E-state index contributed by atoms with van der Waals surface area (Å²) in [6.45, 7) is 4.79. The summed E-state index contributed by atoms with van der Waals surface area (Å²) < 4.78 is 0. The predicted octanol–water partition coefficient (Wildman–Crippen LogP) is 3.75. The highest BCUT2D eigenvalue weighted by atomic mass is 16.3. The first-order valence-corrected chi connectivity index (χ1v) is 9.33. The lowest BCUT2D eigenvalue weighted by molar-refractivity contribution is -0.190. The molecule has 2 heteroatoms. The Balaban J connectivity index is 1.72. The van der Waals surface area contributed by atoms with Crippen LogP contribution in [0.15, 0.2) is 0 Å². The van der Waals surface area contributed by atoms with Crippen LogP contribution in [0.25, 0.3) is 0 Å². The molecule has 4 fully saturated rings. The van der Waals surface area contributed by atoms with Crippen LogP contribution in [0.1, 0.15) is 71.6 Å². The second-order valence-corrected chi connectivity index (χ2v) is 9.19. The Morgan fingerprint density at radius 2 is 1.57 bits per heavy atom. The highest BCUT2D eigenvalue weighted by molar-refractivity contribution is 5.11. The summed E-state index contributed by atoms with van der Waals surface area (Å²) in [7, 11) is 0. The molecule has 2 N–H and O–H groups in total.